The Morgan fingerprint density at radius 3 is 0.587 bits per heavy atom. The summed E-state index contributed by atoms with van der Waals surface area (Å²) in [5, 5.41) is 0. The lowest BCUT2D eigenvalue weighted by Gasteiger charge is -2.48. The molecule has 0 bridgehead atoms. The van der Waals surface area contributed by atoms with Gasteiger partial charge >= 0.3 is 0 Å². The maximum atomic E-state index is 2.72. The van der Waals surface area contributed by atoms with E-state index >= 15 is 0 Å². The number of hydrogen-bond acceptors (Lipinski definition) is 6. The van der Waals surface area contributed by atoms with E-state index in [1.165, 1.54) is 189 Å². The zero-order valence-corrected chi connectivity index (χ0v) is 88.3. The van der Waals surface area contributed by atoms with Gasteiger partial charge in [0, 0.05) is 91.0 Å². The summed E-state index contributed by atoms with van der Waals surface area (Å²) >= 11 is 0. The predicted molar refractivity (Wildman–Crippen MR) is 643 cm³/mol. The zero-order valence-electron chi connectivity index (χ0n) is 88.3. The topological polar surface area (TPSA) is 19.4 Å². The van der Waals surface area contributed by atoms with Crippen LogP contribution in [0, 0.1) is 111 Å². The molecule has 0 unspecified atom stereocenters. The van der Waals surface area contributed by atoms with Crippen LogP contribution in [0.5, 0.6) is 0 Å². The molecule has 0 saturated carbocycles. The van der Waals surface area contributed by atoms with Crippen LogP contribution in [0.25, 0.3) is 89.0 Å². The lowest BCUT2D eigenvalue weighted by atomic mass is 9.30. The lowest BCUT2D eigenvalue weighted by molar-refractivity contribution is 1.21. The van der Waals surface area contributed by atoms with Crippen molar-refractivity contribution >= 4 is 149 Å². The van der Waals surface area contributed by atoms with E-state index < -0.39 is 0 Å². The summed E-state index contributed by atoms with van der Waals surface area (Å²) in [4.78, 5) is 15.7. The Kier molecular flexibility index (Phi) is 23.4. The summed E-state index contributed by atoms with van der Waals surface area (Å²) in [6, 6.07) is 164. The normalized spacial score (nSPS) is 12.5. The van der Waals surface area contributed by atoms with Crippen LogP contribution in [-0.4, -0.2) is 13.4 Å². The molecule has 0 aliphatic carbocycles. The number of para-hydroxylation sites is 2. The van der Waals surface area contributed by atoms with Crippen LogP contribution in [0.2, 0.25) is 0 Å². The van der Waals surface area contributed by atoms with E-state index in [2.05, 4.69) is 565 Å². The van der Waals surface area contributed by atoms with Gasteiger partial charge in [0.1, 0.15) is 0 Å². The molecule has 6 nitrogen and oxygen atoms in total. The molecule has 0 N–H and O–H groups in total. The first-order chi connectivity index (χ1) is 73.0. The van der Waals surface area contributed by atoms with Crippen molar-refractivity contribution in [3.05, 3.63) is 514 Å². The van der Waals surface area contributed by atoms with Crippen LogP contribution in [0.1, 0.15) is 89.0 Å². The number of anilines is 18. The van der Waals surface area contributed by atoms with Crippen LogP contribution in [0.15, 0.2) is 425 Å². The monoisotopic (exact) mass is 1930 g/mol. The highest BCUT2D eigenvalue weighted by Crippen LogP contribution is 2.56. The summed E-state index contributed by atoms with van der Waals surface area (Å²) in [6.45, 7) is 35.4. The first-order valence-corrected chi connectivity index (χ1v) is 52.9. The smallest absolute Gasteiger partial charge is 0.252 e. The van der Waals surface area contributed by atoms with E-state index in [-0.39, 0.29) is 13.4 Å². The van der Waals surface area contributed by atoms with E-state index in [1.807, 2.05) is 0 Å². The Hall–Kier alpha value is -17.5. The number of benzene rings is 21. The lowest BCUT2D eigenvalue weighted by Crippen LogP contribution is -2.65. The van der Waals surface area contributed by atoms with Gasteiger partial charge in [-0.25, -0.2) is 0 Å². The molecule has 8 heteroatoms. The SMILES string of the molecule is Cc1cccc(C)c1-c1ccc(N(c2ccc(-c3c(C)cccc3C)cc2)c2cc3c4c(c2)N(c2ccccc2)c2cc5c(cc2B4c2ccc(-c4c(C)cccc4C)cc2N3c2cccc(-c3c(C)cccc3C)c2)B2c3ccc(-c4c(C)cccc4C)cc3N(c3cccc(-c4c(C)cccc4C)c3)c3cc(N(c4ccc(-c6c(C)cccc6C)cc4)c4ccc(-c6c(C)cccc6C)cc4)cc(c32)N5c2ccccc2)cc1. The Labute approximate surface area is 885 Å². The summed E-state index contributed by atoms with van der Waals surface area (Å²) < 4.78 is 0. The molecule has 0 fully saturated rings. The standard InChI is InChI=1S/C142H118B2N6/c1-87-33-23-34-88(2)133(87)103-57-67-113(68-58-103)145(114-69-59-104(60-70-114)134-89(3)35-24-36-90(134)4)119-81-129-141-131(83-119)149(117-55-31-49-107(77-117)137-95(9)41-27-42-96(137)10)125-79-109(139-99(13)45-29-46-100(139)14)65-75-121(125)143(141)123-85-124-128(86-127(123)147(129)111-51-19-17-20-52-111)148(112-53-21-18-22-54-112)130-82-120(146(115-71-61-105(62-72-115)135-91(5)37-25-38-92(135)6)116-73-63-106(64-74-116)136-93(7)39-26-40-94(136)8)84-132-142(130)144(124)122-76-66-110(140-101(15)47-30-48-102(140)16)80-126(122)150(132)118-56-32-50-108(78-118)138-97(11)43-28-44-98(138)12/h17-86H,1-16H3. The zero-order chi connectivity index (χ0) is 102. The van der Waals surface area contributed by atoms with Crippen molar-refractivity contribution < 1.29 is 0 Å². The summed E-state index contributed by atoms with van der Waals surface area (Å²) in [7, 11) is 0. The van der Waals surface area contributed by atoms with Gasteiger partial charge in [0.05, 0.1) is 11.4 Å². The van der Waals surface area contributed by atoms with Gasteiger partial charge in [0.2, 0.25) is 0 Å². The highest BCUT2D eigenvalue weighted by Gasteiger charge is 2.50. The Morgan fingerprint density at radius 1 is 0.140 bits per heavy atom. The number of rotatable bonds is 18. The van der Waals surface area contributed by atoms with Gasteiger partial charge in [-0.3, -0.25) is 0 Å². The third-order valence-corrected chi connectivity index (χ3v) is 32.6. The molecule has 0 atom stereocenters. The van der Waals surface area contributed by atoms with E-state index in [0.717, 1.165) is 125 Å². The fourth-order valence-corrected chi connectivity index (χ4v) is 26.0. The Bertz CT molecular complexity index is 8160. The number of hydrogen-bond donors (Lipinski definition) is 0. The van der Waals surface area contributed by atoms with E-state index in [1.54, 1.807) is 0 Å². The summed E-state index contributed by atoms with van der Waals surface area (Å²) in [5.74, 6) is 0. The molecule has 21 aromatic carbocycles. The average molecular weight is 1930 g/mol. The minimum absolute atomic E-state index is 0.367. The molecule has 0 spiro atoms. The largest absolute Gasteiger partial charge is 0.311 e. The molecule has 0 radical (unpaired) electrons. The molecule has 4 aliphatic rings. The number of fused-ring (bicyclic) bond motifs is 8. The van der Waals surface area contributed by atoms with Crippen LogP contribution in [0.4, 0.5) is 102 Å². The van der Waals surface area contributed by atoms with Crippen molar-refractivity contribution in [1.82, 2.24) is 0 Å². The second kappa shape index (κ2) is 37.5. The third kappa shape index (κ3) is 15.8. The molecule has 4 heterocycles. The first kappa shape index (κ1) is 93.6. The minimum atomic E-state index is -0.367. The molecular formula is C142H118B2N6. The van der Waals surface area contributed by atoms with Crippen LogP contribution in [0.3, 0.4) is 0 Å². The fraction of sp³-hybridized carbons (Fsp3) is 0.113. The van der Waals surface area contributed by atoms with Crippen molar-refractivity contribution in [2.24, 2.45) is 0 Å². The van der Waals surface area contributed by atoms with Crippen molar-refractivity contribution in [3.63, 3.8) is 0 Å². The predicted octanol–water partition coefficient (Wildman–Crippen LogP) is 35.1. The second-order valence-corrected chi connectivity index (χ2v) is 42.3. The Balaban J connectivity index is 0.811. The molecular weight excluding hydrogens is 1810 g/mol. The van der Waals surface area contributed by atoms with Crippen LogP contribution >= 0.6 is 0 Å². The number of nitrogens with zero attached hydrogens (tertiary/aromatic N) is 6. The molecule has 0 aromatic heterocycles. The number of aryl methyl sites for hydroxylation is 16. The molecule has 0 saturated heterocycles. The summed E-state index contributed by atoms with van der Waals surface area (Å²) in [5.41, 5.74) is 65.4. The van der Waals surface area contributed by atoms with Crippen LogP contribution < -0.4 is 62.2 Å². The average Bonchev–Trinajstić information content (AvgIpc) is 0.676. The van der Waals surface area contributed by atoms with Crippen molar-refractivity contribution in [1.29, 1.82) is 0 Å². The second-order valence-electron chi connectivity index (χ2n) is 42.3. The van der Waals surface area contributed by atoms with Crippen molar-refractivity contribution in [2.45, 2.75) is 111 Å². The first-order valence-electron chi connectivity index (χ1n) is 52.9. The van der Waals surface area contributed by atoms with Gasteiger partial charge in [-0.15, -0.1) is 0 Å². The Morgan fingerprint density at radius 2 is 0.340 bits per heavy atom. The van der Waals surface area contributed by atoms with Crippen molar-refractivity contribution in [2.75, 3.05) is 29.4 Å². The van der Waals surface area contributed by atoms with Gasteiger partial charge in [0.15, 0.2) is 0 Å². The molecule has 722 valence electrons. The fourth-order valence-electron chi connectivity index (χ4n) is 26.0. The van der Waals surface area contributed by atoms with E-state index in [4.69, 9.17) is 0 Å². The molecule has 150 heavy (non-hydrogen) atoms. The molecule has 21 aromatic rings. The highest BCUT2D eigenvalue weighted by atomic mass is 15.2. The highest BCUT2D eigenvalue weighted by molar-refractivity contribution is 7.03. The maximum Gasteiger partial charge on any atom is 0.252 e. The van der Waals surface area contributed by atoms with E-state index in [0.29, 0.717) is 0 Å². The molecule has 25 rings (SSSR count). The maximum absolute atomic E-state index is 2.72. The summed E-state index contributed by atoms with van der Waals surface area (Å²) in [6.07, 6.45) is 0. The van der Waals surface area contributed by atoms with Gasteiger partial charge in [-0.1, -0.05) is 285 Å². The quantitative estimate of drug-likeness (QED) is 0.0792. The minimum Gasteiger partial charge on any atom is -0.311 e. The third-order valence-electron chi connectivity index (χ3n) is 32.6. The van der Waals surface area contributed by atoms with Gasteiger partial charge < -0.3 is 29.4 Å². The van der Waals surface area contributed by atoms with Gasteiger partial charge in [0.25, 0.3) is 13.4 Å². The molecule has 0 amide bonds. The van der Waals surface area contributed by atoms with Gasteiger partial charge in [-0.2, -0.15) is 0 Å². The van der Waals surface area contributed by atoms with Crippen molar-refractivity contribution in [3.8, 4) is 89.0 Å². The van der Waals surface area contributed by atoms with E-state index in [9.17, 15) is 0 Å². The van der Waals surface area contributed by atoms with Crippen LogP contribution in [-0.2, 0) is 0 Å². The van der Waals surface area contributed by atoms with Gasteiger partial charge in [-0.05, 0) is 461 Å². The molecule has 4 aliphatic heterocycles.